The highest BCUT2D eigenvalue weighted by Gasteiger charge is 2.48. The standard InChI is InChI=1S/C12H24N2OS/c1-8(10(13)16)14(6)9-7-11(2,3)15-12(9,4)5/h8-9H,7H2,1-6H3,(H2,13,16). The van der Waals surface area contributed by atoms with Gasteiger partial charge < -0.3 is 10.5 Å². The van der Waals surface area contributed by atoms with Gasteiger partial charge in [-0.05, 0) is 48.1 Å². The average molecular weight is 244 g/mol. The molecular formula is C12H24N2OS. The minimum absolute atomic E-state index is 0.0711. The Morgan fingerprint density at radius 3 is 2.25 bits per heavy atom. The van der Waals surface area contributed by atoms with Crippen LogP contribution in [0.25, 0.3) is 0 Å². The fourth-order valence-corrected chi connectivity index (χ4v) is 2.80. The van der Waals surface area contributed by atoms with E-state index >= 15 is 0 Å². The van der Waals surface area contributed by atoms with Crippen molar-refractivity contribution in [1.82, 2.24) is 4.90 Å². The molecular weight excluding hydrogens is 220 g/mol. The lowest BCUT2D eigenvalue weighted by Gasteiger charge is -2.36. The summed E-state index contributed by atoms with van der Waals surface area (Å²) in [5, 5.41) is 0. The van der Waals surface area contributed by atoms with Crippen LogP contribution in [0.3, 0.4) is 0 Å². The van der Waals surface area contributed by atoms with E-state index in [1.165, 1.54) is 0 Å². The molecule has 2 N–H and O–H groups in total. The molecule has 1 saturated heterocycles. The van der Waals surface area contributed by atoms with Crippen molar-refractivity contribution in [2.45, 2.75) is 64.3 Å². The Labute approximate surface area is 104 Å². The molecule has 0 bridgehead atoms. The van der Waals surface area contributed by atoms with Crippen molar-refractivity contribution in [1.29, 1.82) is 0 Å². The summed E-state index contributed by atoms with van der Waals surface area (Å²) in [6, 6.07) is 0.454. The van der Waals surface area contributed by atoms with Gasteiger partial charge in [-0.1, -0.05) is 12.2 Å². The van der Waals surface area contributed by atoms with E-state index in [0.717, 1.165) is 6.42 Å². The molecule has 0 aliphatic carbocycles. The van der Waals surface area contributed by atoms with Crippen molar-refractivity contribution < 1.29 is 4.74 Å². The lowest BCUT2D eigenvalue weighted by Crippen LogP contribution is -2.51. The highest BCUT2D eigenvalue weighted by Crippen LogP contribution is 2.40. The molecule has 0 aromatic rings. The van der Waals surface area contributed by atoms with E-state index in [2.05, 4.69) is 39.6 Å². The minimum Gasteiger partial charge on any atom is -0.392 e. The molecule has 0 radical (unpaired) electrons. The van der Waals surface area contributed by atoms with Crippen LogP contribution in [-0.2, 0) is 4.74 Å². The maximum Gasteiger partial charge on any atom is 0.0899 e. The fraction of sp³-hybridized carbons (Fsp3) is 0.917. The third-order valence-corrected chi connectivity index (χ3v) is 3.88. The maximum atomic E-state index is 6.07. The molecule has 0 amide bonds. The molecule has 16 heavy (non-hydrogen) atoms. The number of hydrogen-bond donors (Lipinski definition) is 1. The zero-order valence-corrected chi connectivity index (χ0v) is 12.0. The second-order valence-corrected chi connectivity index (χ2v) is 6.40. The van der Waals surface area contributed by atoms with Gasteiger partial charge in [0.25, 0.3) is 0 Å². The molecule has 0 saturated carbocycles. The number of likely N-dealkylation sites (N-methyl/N-ethyl adjacent to an activating group) is 1. The molecule has 0 aromatic carbocycles. The van der Waals surface area contributed by atoms with Crippen LogP contribution in [0.15, 0.2) is 0 Å². The van der Waals surface area contributed by atoms with Crippen LogP contribution in [0.1, 0.15) is 41.0 Å². The van der Waals surface area contributed by atoms with Gasteiger partial charge in [-0.3, -0.25) is 4.90 Å². The van der Waals surface area contributed by atoms with E-state index in [9.17, 15) is 0 Å². The monoisotopic (exact) mass is 244 g/mol. The summed E-state index contributed by atoms with van der Waals surface area (Å²) < 4.78 is 6.07. The zero-order valence-electron chi connectivity index (χ0n) is 11.2. The number of nitrogens with zero attached hydrogens (tertiary/aromatic N) is 1. The van der Waals surface area contributed by atoms with Gasteiger partial charge in [0, 0.05) is 6.04 Å². The van der Waals surface area contributed by atoms with Crippen molar-refractivity contribution >= 4 is 17.2 Å². The Kier molecular flexibility index (Phi) is 3.68. The third kappa shape index (κ3) is 2.73. The van der Waals surface area contributed by atoms with Crippen molar-refractivity contribution in [2.24, 2.45) is 5.73 Å². The van der Waals surface area contributed by atoms with E-state index in [1.54, 1.807) is 0 Å². The molecule has 1 heterocycles. The van der Waals surface area contributed by atoms with E-state index < -0.39 is 0 Å². The van der Waals surface area contributed by atoms with Gasteiger partial charge in [0.2, 0.25) is 0 Å². The summed E-state index contributed by atoms with van der Waals surface area (Å²) in [5.41, 5.74) is 5.48. The van der Waals surface area contributed by atoms with Crippen LogP contribution >= 0.6 is 12.2 Å². The van der Waals surface area contributed by atoms with Crippen molar-refractivity contribution in [3.8, 4) is 0 Å². The molecule has 94 valence electrons. The normalized spacial score (nSPS) is 29.3. The maximum absolute atomic E-state index is 6.07. The number of ether oxygens (including phenoxy) is 1. The van der Waals surface area contributed by atoms with Gasteiger partial charge in [-0.15, -0.1) is 0 Å². The predicted molar refractivity (Wildman–Crippen MR) is 71.7 cm³/mol. The second-order valence-electron chi connectivity index (χ2n) is 5.93. The van der Waals surface area contributed by atoms with Crippen molar-refractivity contribution in [3.63, 3.8) is 0 Å². The van der Waals surface area contributed by atoms with Gasteiger partial charge in [-0.2, -0.15) is 0 Å². The quantitative estimate of drug-likeness (QED) is 0.770. The minimum atomic E-state index is -0.155. The SMILES string of the molecule is CC(C(N)=S)N(C)C1CC(C)(C)OC1(C)C. The average Bonchev–Trinajstić information content (AvgIpc) is 2.31. The summed E-state index contributed by atoms with van der Waals surface area (Å²) in [6.07, 6.45) is 1.00. The second kappa shape index (κ2) is 4.24. The van der Waals surface area contributed by atoms with Gasteiger partial charge >= 0.3 is 0 Å². The molecule has 1 fully saturated rings. The first-order valence-corrected chi connectivity index (χ1v) is 6.19. The lowest BCUT2D eigenvalue weighted by molar-refractivity contribution is -0.0794. The number of rotatable bonds is 3. The summed E-state index contributed by atoms with van der Waals surface area (Å²) in [4.78, 5) is 2.78. The number of nitrogens with two attached hydrogens (primary N) is 1. The van der Waals surface area contributed by atoms with Gasteiger partial charge in [0.15, 0.2) is 0 Å². The fourth-order valence-electron chi connectivity index (χ4n) is 2.64. The smallest absolute Gasteiger partial charge is 0.0899 e. The summed E-state index contributed by atoms with van der Waals surface area (Å²) in [6.45, 7) is 10.6. The highest BCUT2D eigenvalue weighted by molar-refractivity contribution is 7.80. The van der Waals surface area contributed by atoms with E-state index in [-0.39, 0.29) is 17.2 Å². The van der Waals surface area contributed by atoms with E-state index in [4.69, 9.17) is 22.7 Å². The highest BCUT2D eigenvalue weighted by atomic mass is 32.1. The summed E-state index contributed by atoms with van der Waals surface area (Å²) in [7, 11) is 2.07. The molecule has 1 aliphatic rings. The van der Waals surface area contributed by atoms with Crippen LogP contribution in [0.2, 0.25) is 0 Å². The first kappa shape index (κ1) is 13.9. The van der Waals surface area contributed by atoms with Crippen LogP contribution < -0.4 is 5.73 Å². The zero-order chi connectivity index (χ0) is 12.7. The van der Waals surface area contributed by atoms with Crippen LogP contribution in [0, 0.1) is 0 Å². The molecule has 1 rings (SSSR count). The Hall–Kier alpha value is -0.190. The van der Waals surface area contributed by atoms with E-state index in [1.807, 2.05) is 6.92 Å². The summed E-state index contributed by atoms with van der Waals surface area (Å²) in [5.74, 6) is 0. The molecule has 0 spiro atoms. The molecule has 0 aromatic heterocycles. The van der Waals surface area contributed by atoms with Gasteiger partial charge in [0.05, 0.1) is 22.2 Å². The number of hydrogen-bond acceptors (Lipinski definition) is 3. The lowest BCUT2D eigenvalue weighted by atomic mass is 9.92. The number of thiocarbonyl (C=S) groups is 1. The summed E-state index contributed by atoms with van der Waals surface area (Å²) >= 11 is 5.06. The Balaban J connectivity index is 2.84. The van der Waals surface area contributed by atoms with Crippen LogP contribution in [-0.4, -0.2) is 40.2 Å². The molecule has 2 unspecified atom stereocenters. The third-order valence-electron chi connectivity index (χ3n) is 3.54. The van der Waals surface area contributed by atoms with Gasteiger partial charge in [-0.25, -0.2) is 0 Å². The Bertz CT molecular complexity index is 289. The molecule has 4 heteroatoms. The predicted octanol–water partition coefficient (Wildman–Crippen LogP) is 1.94. The topological polar surface area (TPSA) is 38.5 Å². The van der Waals surface area contributed by atoms with E-state index in [0.29, 0.717) is 11.0 Å². The first-order valence-electron chi connectivity index (χ1n) is 5.78. The van der Waals surface area contributed by atoms with Crippen molar-refractivity contribution in [2.75, 3.05) is 7.05 Å². The van der Waals surface area contributed by atoms with Crippen molar-refractivity contribution in [3.05, 3.63) is 0 Å². The largest absolute Gasteiger partial charge is 0.392 e. The van der Waals surface area contributed by atoms with Gasteiger partial charge in [0.1, 0.15) is 0 Å². The molecule has 3 nitrogen and oxygen atoms in total. The van der Waals surface area contributed by atoms with Crippen LogP contribution in [0.4, 0.5) is 0 Å². The Morgan fingerprint density at radius 1 is 1.44 bits per heavy atom. The molecule has 1 aliphatic heterocycles. The Morgan fingerprint density at radius 2 is 1.94 bits per heavy atom. The first-order chi connectivity index (χ1) is 7.07. The van der Waals surface area contributed by atoms with Crippen LogP contribution in [0.5, 0.6) is 0 Å². The molecule has 2 atom stereocenters.